The molecule has 1 aromatic heterocycles. The number of amides is 3. The van der Waals surface area contributed by atoms with E-state index in [1.54, 1.807) is 36.1 Å². The van der Waals surface area contributed by atoms with Crippen LogP contribution in [-0.2, 0) is 26.6 Å². The number of hydrogen-bond acceptors (Lipinski definition) is 9. The van der Waals surface area contributed by atoms with Gasteiger partial charge in [0.1, 0.15) is 43.7 Å². The van der Waals surface area contributed by atoms with Crippen LogP contribution < -0.4 is 24.8 Å². The highest BCUT2D eigenvalue weighted by molar-refractivity contribution is 6.35. The van der Waals surface area contributed by atoms with E-state index in [2.05, 4.69) is 37.3 Å². The van der Waals surface area contributed by atoms with Gasteiger partial charge < -0.3 is 29.3 Å². The fourth-order valence-electron chi connectivity index (χ4n) is 6.11. The van der Waals surface area contributed by atoms with Gasteiger partial charge in [0.2, 0.25) is 5.79 Å². The van der Waals surface area contributed by atoms with Crippen molar-refractivity contribution in [3.8, 4) is 5.75 Å². The molecule has 0 aliphatic carbocycles. The van der Waals surface area contributed by atoms with E-state index >= 15 is 0 Å². The van der Waals surface area contributed by atoms with Crippen molar-refractivity contribution in [2.24, 2.45) is 0 Å². The fourth-order valence-corrected chi connectivity index (χ4v) is 6.66. The van der Waals surface area contributed by atoms with E-state index in [4.69, 9.17) is 37.4 Å². The Kier molecular flexibility index (Phi) is 8.67. The first-order chi connectivity index (χ1) is 22.8. The third kappa shape index (κ3) is 6.46. The second kappa shape index (κ2) is 13.0. The Balaban J connectivity index is 0.926. The lowest BCUT2D eigenvalue weighted by atomic mass is 10.1. The van der Waals surface area contributed by atoms with Gasteiger partial charge in [0.25, 0.3) is 5.91 Å². The highest BCUT2D eigenvalue weighted by Crippen LogP contribution is 2.40. The Bertz CT molecular complexity index is 1730. The standard InChI is InChI=1S/C33H33Cl2N7O5/c1-22-31(43)42(32(44)38-22)26-5-3-24(4-6-26)39-12-14-40(15-13-39)25-7-9-27(10-8-25)45-17-28-18-46-33(47-28,19-41-21-36-20-37-41)29-11-2-23(34)16-30(29)35/h2-11,16,20-22,28H,12-15,17-19H2,1H3,(H,38,44)/t22?,28-,33-/m1/s1. The van der Waals surface area contributed by atoms with Gasteiger partial charge in [-0.2, -0.15) is 5.10 Å². The molecule has 3 amide bonds. The lowest BCUT2D eigenvalue weighted by Gasteiger charge is -2.37. The minimum absolute atomic E-state index is 0.241. The van der Waals surface area contributed by atoms with Gasteiger partial charge in [0.05, 0.1) is 17.3 Å². The number of carbonyl (C=O) groups is 2. The summed E-state index contributed by atoms with van der Waals surface area (Å²) in [4.78, 5) is 34.4. The highest BCUT2D eigenvalue weighted by atomic mass is 35.5. The topological polar surface area (TPSA) is 114 Å². The van der Waals surface area contributed by atoms with E-state index in [9.17, 15) is 9.59 Å². The molecule has 244 valence electrons. The average molecular weight is 679 g/mol. The molecule has 4 heterocycles. The number of piperazine rings is 1. The van der Waals surface area contributed by atoms with Crippen molar-refractivity contribution in [2.75, 3.05) is 54.1 Å². The average Bonchev–Trinajstić information content (AvgIpc) is 3.80. The molecule has 47 heavy (non-hydrogen) atoms. The molecule has 0 spiro atoms. The minimum Gasteiger partial charge on any atom is -0.491 e. The molecule has 3 aromatic carbocycles. The van der Waals surface area contributed by atoms with Crippen LogP contribution in [0.1, 0.15) is 12.5 Å². The largest absolute Gasteiger partial charge is 0.491 e. The van der Waals surface area contributed by atoms with Crippen LogP contribution in [0.5, 0.6) is 5.75 Å². The third-order valence-corrected chi connectivity index (χ3v) is 9.11. The van der Waals surface area contributed by atoms with E-state index in [0.29, 0.717) is 27.9 Å². The monoisotopic (exact) mass is 677 g/mol. The lowest BCUT2D eigenvalue weighted by Crippen LogP contribution is -2.46. The number of imide groups is 1. The lowest BCUT2D eigenvalue weighted by molar-refractivity contribution is -0.190. The molecule has 7 rings (SSSR count). The van der Waals surface area contributed by atoms with Crippen LogP contribution in [0, 0.1) is 0 Å². The first-order valence-corrected chi connectivity index (χ1v) is 16.1. The Hall–Kier alpha value is -4.36. The van der Waals surface area contributed by atoms with Crippen molar-refractivity contribution in [1.29, 1.82) is 0 Å². The van der Waals surface area contributed by atoms with Crippen molar-refractivity contribution >= 4 is 52.2 Å². The zero-order valence-electron chi connectivity index (χ0n) is 25.6. The van der Waals surface area contributed by atoms with Crippen molar-refractivity contribution < 1.29 is 23.8 Å². The Morgan fingerprint density at radius 3 is 2.19 bits per heavy atom. The molecule has 3 aliphatic rings. The first-order valence-electron chi connectivity index (χ1n) is 15.3. The van der Waals surface area contributed by atoms with Crippen molar-refractivity contribution in [3.05, 3.63) is 95.0 Å². The molecule has 0 bridgehead atoms. The van der Waals surface area contributed by atoms with Crippen LogP contribution in [0.4, 0.5) is 21.9 Å². The number of rotatable bonds is 9. The number of aromatic nitrogens is 3. The molecule has 12 nitrogen and oxygen atoms in total. The SMILES string of the molecule is CC1NC(=O)N(c2ccc(N3CCN(c4ccc(OC[C@@H]5CO[C@@](Cn6cncn6)(c6ccc(Cl)cc6Cl)O5)cc4)CC3)cc2)C1=O. The highest BCUT2D eigenvalue weighted by Gasteiger charge is 2.45. The van der Waals surface area contributed by atoms with Gasteiger partial charge >= 0.3 is 6.03 Å². The maximum atomic E-state index is 12.3. The molecule has 0 radical (unpaired) electrons. The molecule has 3 saturated heterocycles. The van der Waals surface area contributed by atoms with E-state index in [1.165, 1.54) is 11.2 Å². The molecule has 0 saturated carbocycles. The summed E-state index contributed by atoms with van der Waals surface area (Å²) in [7, 11) is 0. The Labute approximate surface area is 281 Å². The summed E-state index contributed by atoms with van der Waals surface area (Å²) >= 11 is 12.7. The summed E-state index contributed by atoms with van der Waals surface area (Å²) in [5, 5.41) is 7.83. The van der Waals surface area contributed by atoms with Crippen LogP contribution in [0.2, 0.25) is 10.0 Å². The molecular weight excluding hydrogens is 645 g/mol. The summed E-state index contributed by atoms with van der Waals surface area (Å²) in [5.74, 6) is -0.678. The number of nitrogens with zero attached hydrogens (tertiary/aromatic N) is 6. The van der Waals surface area contributed by atoms with Crippen molar-refractivity contribution in [1.82, 2.24) is 20.1 Å². The third-order valence-electron chi connectivity index (χ3n) is 8.56. The first kappa shape index (κ1) is 31.3. The molecule has 14 heteroatoms. The molecule has 3 aliphatic heterocycles. The fraction of sp³-hybridized carbons (Fsp3) is 0.333. The van der Waals surface area contributed by atoms with Gasteiger partial charge in [-0.1, -0.05) is 29.3 Å². The van der Waals surface area contributed by atoms with Crippen LogP contribution in [0.25, 0.3) is 0 Å². The number of anilines is 3. The summed E-state index contributed by atoms with van der Waals surface area (Å²) in [6, 6.07) is 19.9. The molecule has 3 atom stereocenters. The normalized spacial score (nSPS) is 23.0. The van der Waals surface area contributed by atoms with Crippen LogP contribution >= 0.6 is 23.2 Å². The maximum Gasteiger partial charge on any atom is 0.329 e. The predicted molar refractivity (Wildman–Crippen MR) is 177 cm³/mol. The van der Waals surface area contributed by atoms with Crippen LogP contribution in [0.15, 0.2) is 79.4 Å². The molecule has 4 aromatic rings. The van der Waals surface area contributed by atoms with Crippen LogP contribution in [-0.4, -0.2) is 78.2 Å². The molecule has 1 N–H and O–H groups in total. The number of ether oxygens (including phenoxy) is 3. The maximum absolute atomic E-state index is 12.3. The van der Waals surface area contributed by atoms with Gasteiger partial charge in [-0.15, -0.1) is 0 Å². The second-order valence-corrected chi connectivity index (χ2v) is 12.5. The zero-order chi connectivity index (χ0) is 32.5. The summed E-state index contributed by atoms with van der Waals surface area (Å²) in [5.41, 5.74) is 3.40. The van der Waals surface area contributed by atoms with Crippen molar-refractivity contribution in [3.63, 3.8) is 0 Å². The quantitative estimate of drug-likeness (QED) is 0.252. The number of nitrogens with one attached hydrogen (secondary N) is 1. The number of halogens is 2. The van der Waals surface area contributed by atoms with Gasteiger partial charge in [0, 0.05) is 48.1 Å². The summed E-state index contributed by atoms with van der Waals surface area (Å²) in [6.45, 7) is 5.91. The van der Waals surface area contributed by atoms with Gasteiger partial charge in [-0.3, -0.25) is 4.79 Å². The molecular formula is C33H33Cl2N7O5. The van der Waals surface area contributed by atoms with Crippen molar-refractivity contribution in [2.45, 2.75) is 31.4 Å². The molecule has 3 fully saturated rings. The second-order valence-electron chi connectivity index (χ2n) is 11.7. The number of benzene rings is 3. The smallest absolute Gasteiger partial charge is 0.329 e. The summed E-state index contributed by atoms with van der Waals surface area (Å²) < 4.78 is 20.5. The van der Waals surface area contributed by atoms with Gasteiger partial charge in [0.15, 0.2) is 0 Å². The Morgan fingerprint density at radius 2 is 1.60 bits per heavy atom. The van der Waals surface area contributed by atoms with Gasteiger partial charge in [-0.25, -0.2) is 19.4 Å². The minimum atomic E-state index is -1.17. The number of urea groups is 1. The van der Waals surface area contributed by atoms with E-state index in [-0.39, 0.29) is 31.2 Å². The zero-order valence-corrected chi connectivity index (χ0v) is 27.1. The molecule has 1 unspecified atom stereocenters. The number of carbonyl (C=O) groups excluding carboxylic acids is 2. The number of hydrogen-bond donors (Lipinski definition) is 1. The van der Waals surface area contributed by atoms with Gasteiger partial charge in [-0.05, 0) is 67.6 Å². The van der Waals surface area contributed by atoms with E-state index in [0.717, 1.165) is 43.3 Å². The van der Waals surface area contributed by atoms with Crippen LogP contribution in [0.3, 0.4) is 0 Å². The predicted octanol–water partition coefficient (Wildman–Crippen LogP) is 4.70. The van der Waals surface area contributed by atoms with E-state index in [1.807, 2.05) is 36.4 Å². The summed E-state index contributed by atoms with van der Waals surface area (Å²) in [6.07, 6.45) is 2.71. The van der Waals surface area contributed by atoms with E-state index < -0.39 is 11.8 Å². The Morgan fingerprint density at radius 1 is 0.936 bits per heavy atom.